The summed E-state index contributed by atoms with van der Waals surface area (Å²) >= 11 is 0. The number of esters is 1. The number of hydrogen-bond donors (Lipinski definition) is 0. The Kier molecular flexibility index (Phi) is 4.16. The minimum atomic E-state index is -1.03. The summed E-state index contributed by atoms with van der Waals surface area (Å²) in [5.41, 5.74) is -0.733. The predicted octanol–water partition coefficient (Wildman–Crippen LogP) is 3.12. The lowest BCUT2D eigenvalue weighted by atomic mass is 9.97. The fraction of sp³-hybridized carbons (Fsp3) is 0.412. The number of carbonyl (C=O) groups excluding carboxylic acids is 1. The first-order chi connectivity index (χ1) is 9.86. The predicted molar refractivity (Wildman–Crippen MR) is 82.3 cm³/mol. The van der Waals surface area contributed by atoms with E-state index in [1.165, 1.54) is 0 Å². The molecule has 1 aliphatic rings. The molecule has 0 radical (unpaired) electrons. The second-order valence-electron chi connectivity index (χ2n) is 6.10. The molecule has 4 nitrogen and oxygen atoms in total. The summed E-state index contributed by atoms with van der Waals surface area (Å²) in [6, 6.07) is 9.53. The highest BCUT2D eigenvalue weighted by Crippen LogP contribution is 2.29. The van der Waals surface area contributed by atoms with Gasteiger partial charge in [0.25, 0.3) is 0 Å². The van der Waals surface area contributed by atoms with Crippen molar-refractivity contribution in [2.75, 3.05) is 6.61 Å². The summed E-state index contributed by atoms with van der Waals surface area (Å²) in [5.74, 6) is 0.101. The molecule has 1 aliphatic heterocycles. The van der Waals surface area contributed by atoms with E-state index in [-0.39, 0.29) is 12.6 Å². The average Bonchev–Trinajstić information content (AvgIpc) is 2.84. The second kappa shape index (κ2) is 5.72. The molecule has 0 bridgehead atoms. The van der Waals surface area contributed by atoms with Crippen LogP contribution in [0.25, 0.3) is 0 Å². The van der Waals surface area contributed by atoms with Crippen LogP contribution in [0, 0.1) is 0 Å². The normalized spacial score (nSPS) is 21.4. The van der Waals surface area contributed by atoms with Gasteiger partial charge in [-0.2, -0.15) is 0 Å². The van der Waals surface area contributed by atoms with Crippen molar-refractivity contribution in [2.45, 2.75) is 38.3 Å². The molecule has 1 heterocycles. The molecule has 21 heavy (non-hydrogen) atoms. The van der Waals surface area contributed by atoms with Crippen LogP contribution in [-0.2, 0) is 14.3 Å². The number of nitrogens with zero attached hydrogens (tertiary/aromatic N) is 1. The van der Waals surface area contributed by atoms with E-state index in [2.05, 4.69) is 11.6 Å². The van der Waals surface area contributed by atoms with Crippen LogP contribution in [-0.4, -0.2) is 29.6 Å². The second-order valence-corrected chi connectivity index (χ2v) is 6.10. The van der Waals surface area contributed by atoms with Crippen molar-refractivity contribution in [1.29, 1.82) is 0 Å². The van der Waals surface area contributed by atoms with Gasteiger partial charge >= 0.3 is 5.97 Å². The molecule has 0 unspecified atom stereocenters. The summed E-state index contributed by atoms with van der Waals surface area (Å²) in [4.78, 5) is 17.0. The maximum Gasteiger partial charge on any atom is 0.338 e. The summed E-state index contributed by atoms with van der Waals surface area (Å²) in [5, 5.41) is 0. The number of hydrogen-bond acceptors (Lipinski definition) is 4. The number of ether oxygens (including phenoxy) is 2. The first-order valence-electron chi connectivity index (χ1n) is 6.99. The van der Waals surface area contributed by atoms with Crippen LogP contribution < -0.4 is 0 Å². The number of benzene rings is 1. The molecule has 0 aliphatic carbocycles. The topological polar surface area (TPSA) is 47.9 Å². The van der Waals surface area contributed by atoms with Crippen molar-refractivity contribution in [3.8, 4) is 0 Å². The number of carbonyl (C=O) groups is 1. The van der Waals surface area contributed by atoms with Gasteiger partial charge in [-0.1, -0.05) is 24.3 Å². The molecule has 0 fully saturated rings. The van der Waals surface area contributed by atoms with Gasteiger partial charge in [0.1, 0.15) is 12.2 Å². The molecule has 0 saturated heterocycles. The molecule has 112 valence electrons. The minimum Gasteiger partial charge on any atom is -0.474 e. The van der Waals surface area contributed by atoms with E-state index in [0.717, 1.165) is 5.56 Å². The van der Waals surface area contributed by atoms with Crippen LogP contribution in [0.2, 0.25) is 0 Å². The van der Waals surface area contributed by atoms with E-state index in [0.29, 0.717) is 12.3 Å². The quantitative estimate of drug-likeness (QED) is 0.631. The maximum absolute atomic E-state index is 12.5. The summed E-state index contributed by atoms with van der Waals surface area (Å²) in [7, 11) is 0. The van der Waals surface area contributed by atoms with Gasteiger partial charge in [-0.15, -0.1) is 6.58 Å². The SMILES string of the molecule is C=CC[C@]1(C(=O)OC(C)(C)C)COC(c2ccccc2)=N1. The van der Waals surface area contributed by atoms with Gasteiger partial charge in [0.05, 0.1) is 0 Å². The summed E-state index contributed by atoms with van der Waals surface area (Å²) in [6.45, 7) is 9.40. The Balaban J connectivity index is 2.30. The first-order valence-corrected chi connectivity index (χ1v) is 6.99. The van der Waals surface area contributed by atoms with E-state index in [9.17, 15) is 4.79 Å². The zero-order chi connectivity index (χ0) is 15.5. The van der Waals surface area contributed by atoms with Gasteiger partial charge in [-0.05, 0) is 32.9 Å². The van der Waals surface area contributed by atoms with Crippen LogP contribution in [0.5, 0.6) is 0 Å². The monoisotopic (exact) mass is 287 g/mol. The average molecular weight is 287 g/mol. The number of rotatable bonds is 4. The van der Waals surface area contributed by atoms with E-state index < -0.39 is 11.1 Å². The zero-order valence-corrected chi connectivity index (χ0v) is 12.8. The van der Waals surface area contributed by atoms with Crippen LogP contribution in [0.1, 0.15) is 32.8 Å². The lowest BCUT2D eigenvalue weighted by Gasteiger charge is -2.27. The van der Waals surface area contributed by atoms with Crippen LogP contribution in [0.4, 0.5) is 0 Å². The van der Waals surface area contributed by atoms with Gasteiger partial charge in [0.15, 0.2) is 5.54 Å². The molecule has 0 aromatic heterocycles. The highest BCUT2D eigenvalue weighted by Gasteiger charge is 2.46. The molecule has 1 aromatic carbocycles. The highest BCUT2D eigenvalue weighted by atomic mass is 16.6. The Labute approximate surface area is 125 Å². The highest BCUT2D eigenvalue weighted by molar-refractivity contribution is 5.99. The summed E-state index contributed by atoms with van der Waals surface area (Å²) < 4.78 is 11.1. The van der Waals surface area contributed by atoms with E-state index in [4.69, 9.17) is 9.47 Å². The lowest BCUT2D eigenvalue weighted by molar-refractivity contribution is -0.161. The molecule has 0 spiro atoms. The molecule has 1 aromatic rings. The van der Waals surface area contributed by atoms with Crippen molar-refractivity contribution in [2.24, 2.45) is 4.99 Å². The third-order valence-electron chi connectivity index (χ3n) is 3.04. The van der Waals surface area contributed by atoms with Crippen molar-refractivity contribution in [3.63, 3.8) is 0 Å². The third kappa shape index (κ3) is 3.51. The Morgan fingerprint density at radius 3 is 2.67 bits per heavy atom. The molecule has 2 rings (SSSR count). The molecule has 1 atom stereocenters. The van der Waals surface area contributed by atoms with Crippen LogP contribution in [0.15, 0.2) is 48.0 Å². The smallest absolute Gasteiger partial charge is 0.338 e. The fourth-order valence-corrected chi connectivity index (χ4v) is 2.08. The van der Waals surface area contributed by atoms with Gasteiger partial charge in [0, 0.05) is 12.0 Å². The molecule has 0 N–H and O–H groups in total. The van der Waals surface area contributed by atoms with E-state index in [1.807, 2.05) is 51.1 Å². The molecule has 0 saturated carbocycles. The largest absolute Gasteiger partial charge is 0.474 e. The molecule has 4 heteroatoms. The van der Waals surface area contributed by atoms with Crippen molar-refractivity contribution in [1.82, 2.24) is 0 Å². The van der Waals surface area contributed by atoms with E-state index in [1.54, 1.807) is 6.08 Å². The standard InChI is InChI=1S/C17H21NO3/c1-5-11-17(15(19)21-16(2,3)4)12-20-14(18-17)13-9-7-6-8-10-13/h5-10H,1,11-12H2,2-4H3/t17-/m1/s1. The molecular formula is C17H21NO3. The third-order valence-corrected chi connectivity index (χ3v) is 3.04. The van der Waals surface area contributed by atoms with Crippen molar-refractivity contribution < 1.29 is 14.3 Å². The Bertz CT molecular complexity index is 557. The van der Waals surface area contributed by atoms with Crippen LogP contribution in [0.3, 0.4) is 0 Å². The molecular weight excluding hydrogens is 266 g/mol. The first kappa shape index (κ1) is 15.3. The summed E-state index contributed by atoms with van der Waals surface area (Å²) in [6.07, 6.45) is 2.06. The Morgan fingerprint density at radius 1 is 1.43 bits per heavy atom. The maximum atomic E-state index is 12.5. The van der Waals surface area contributed by atoms with E-state index >= 15 is 0 Å². The number of aliphatic imine (C=N–C) groups is 1. The van der Waals surface area contributed by atoms with Crippen LogP contribution >= 0.6 is 0 Å². The zero-order valence-electron chi connectivity index (χ0n) is 12.8. The van der Waals surface area contributed by atoms with Gasteiger partial charge in [0.2, 0.25) is 5.90 Å². The lowest BCUT2D eigenvalue weighted by Crippen LogP contribution is -2.43. The Hall–Kier alpha value is -2.10. The van der Waals surface area contributed by atoms with Gasteiger partial charge in [-0.25, -0.2) is 9.79 Å². The molecule has 0 amide bonds. The minimum absolute atomic E-state index is 0.179. The fourth-order valence-electron chi connectivity index (χ4n) is 2.08. The van der Waals surface area contributed by atoms with Gasteiger partial charge < -0.3 is 9.47 Å². The van der Waals surface area contributed by atoms with Crippen molar-refractivity contribution >= 4 is 11.9 Å². The van der Waals surface area contributed by atoms with Crippen molar-refractivity contribution in [3.05, 3.63) is 48.6 Å². The Morgan fingerprint density at radius 2 is 2.10 bits per heavy atom. The van der Waals surface area contributed by atoms with Gasteiger partial charge in [-0.3, -0.25) is 0 Å².